The fraction of sp³-hybridized carbons (Fsp3) is 0.0435. The highest BCUT2D eigenvalue weighted by Crippen LogP contribution is 2.34. The smallest absolute Gasteiger partial charge is 0.282 e. The molecule has 3 aromatic carbocycles. The van der Waals surface area contributed by atoms with Crippen LogP contribution in [0.3, 0.4) is 0 Å². The van der Waals surface area contributed by atoms with Crippen molar-refractivity contribution in [2.24, 2.45) is 0 Å². The average Bonchev–Trinajstić information content (AvgIpc) is 2.94. The molecule has 0 saturated carbocycles. The Morgan fingerprint density at radius 1 is 0.867 bits per heavy atom. The third-order valence-corrected chi connectivity index (χ3v) is 4.97. The maximum atomic E-state index is 13.7. The van der Waals surface area contributed by atoms with E-state index in [4.69, 9.17) is 11.6 Å². The van der Waals surface area contributed by atoms with Crippen molar-refractivity contribution in [3.8, 4) is 0 Å². The summed E-state index contributed by atoms with van der Waals surface area (Å²) < 4.78 is 27.2. The highest BCUT2D eigenvalue weighted by atomic mass is 35.5. The van der Waals surface area contributed by atoms with E-state index in [-0.39, 0.29) is 17.0 Å². The highest BCUT2D eigenvalue weighted by Gasteiger charge is 2.40. The van der Waals surface area contributed by atoms with Gasteiger partial charge < -0.3 is 5.32 Å². The van der Waals surface area contributed by atoms with E-state index in [9.17, 15) is 18.4 Å². The number of imide groups is 1. The number of nitrogens with one attached hydrogen (secondary N) is 1. The normalized spacial score (nSPS) is 13.9. The van der Waals surface area contributed by atoms with Crippen molar-refractivity contribution in [3.05, 3.63) is 100 Å². The number of amides is 2. The van der Waals surface area contributed by atoms with Crippen LogP contribution in [0.25, 0.3) is 5.57 Å². The zero-order valence-corrected chi connectivity index (χ0v) is 16.5. The van der Waals surface area contributed by atoms with E-state index in [1.54, 1.807) is 25.1 Å². The van der Waals surface area contributed by atoms with E-state index in [0.717, 1.165) is 16.5 Å². The largest absolute Gasteiger partial charge is 0.350 e. The summed E-state index contributed by atoms with van der Waals surface area (Å²) >= 11 is 6.00. The average molecular weight is 425 g/mol. The Balaban J connectivity index is 1.84. The topological polar surface area (TPSA) is 49.4 Å². The molecule has 1 aliphatic heterocycles. The molecular weight excluding hydrogens is 410 g/mol. The lowest BCUT2D eigenvalue weighted by Crippen LogP contribution is -2.32. The van der Waals surface area contributed by atoms with Crippen molar-refractivity contribution >= 4 is 40.4 Å². The van der Waals surface area contributed by atoms with Gasteiger partial charge in [-0.05, 0) is 66.6 Å². The first-order chi connectivity index (χ1) is 14.3. The van der Waals surface area contributed by atoms with Crippen LogP contribution in [-0.4, -0.2) is 11.8 Å². The van der Waals surface area contributed by atoms with Crippen LogP contribution in [0.15, 0.2) is 72.4 Å². The van der Waals surface area contributed by atoms with Gasteiger partial charge in [-0.25, -0.2) is 13.7 Å². The molecule has 1 N–H and O–H groups in total. The Labute approximate surface area is 176 Å². The summed E-state index contributed by atoms with van der Waals surface area (Å²) in [5, 5.41) is 3.54. The van der Waals surface area contributed by atoms with Gasteiger partial charge in [-0.2, -0.15) is 0 Å². The molecule has 2 amide bonds. The van der Waals surface area contributed by atoms with E-state index in [2.05, 4.69) is 5.32 Å². The summed E-state index contributed by atoms with van der Waals surface area (Å²) in [5.74, 6) is -2.32. The molecule has 0 radical (unpaired) electrons. The molecule has 150 valence electrons. The Bertz CT molecular complexity index is 1210. The minimum absolute atomic E-state index is 0.0151. The molecule has 1 aliphatic rings. The summed E-state index contributed by atoms with van der Waals surface area (Å²) in [5.41, 5.74) is 1.89. The number of carbonyl (C=O) groups is 2. The second kappa shape index (κ2) is 7.72. The number of benzene rings is 3. The van der Waals surface area contributed by atoms with Gasteiger partial charge >= 0.3 is 0 Å². The molecule has 0 unspecified atom stereocenters. The second-order valence-electron chi connectivity index (χ2n) is 6.77. The summed E-state index contributed by atoms with van der Waals surface area (Å²) in [4.78, 5) is 27.3. The SMILES string of the molecule is Cc1cc(Cl)ccc1NC1=C(c2ccc(F)cc2)C(=O)N(c2cccc(F)c2)C1=O. The van der Waals surface area contributed by atoms with E-state index in [0.29, 0.717) is 16.3 Å². The molecule has 0 spiro atoms. The van der Waals surface area contributed by atoms with Gasteiger partial charge in [0.1, 0.15) is 17.3 Å². The lowest BCUT2D eigenvalue weighted by molar-refractivity contribution is -0.120. The minimum Gasteiger partial charge on any atom is -0.350 e. The van der Waals surface area contributed by atoms with Gasteiger partial charge in [0, 0.05) is 10.7 Å². The van der Waals surface area contributed by atoms with Crippen molar-refractivity contribution in [2.75, 3.05) is 10.2 Å². The summed E-state index contributed by atoms with van der Waals surface area (Å²) in [6.07, 6.45) is 0. The van der Waals surface area contributed by atoms with Gasteiger partial charge in [0.05, 0.1) is 11.3 Å². The molecule has 3 aromatic rings. The van der Waals surface area contributed by atoms with Crippen LogP contribution in [0.1, 0.15) is 11.1 Å². The van der Waals surface area contributed by atoms with E-state index in [1.165, 1.54) is 42.5 Å². The lowest BCUT2D eigenvalue weighted by atomic mass is 10.0. The monoisotopic (exact) mass is 424 g/mol. The summed E-state index contributed by atoms with van der Waals surface area (Å²) in [6.45, 7) is 1.80. The highest BCUT2D eigenvalue weighted by molar-refractivity contribution is 6.46. The standard InChI is InChI=1S/C23H15ClF2N2O2/c1-13-11-15(24)7-10-19(13)27-21-20(14-5-8-16(25)9-6-14)22(29)28(23(21)30)18-4-2-3-17(26)12-18/h2-12,27H,1H3. The zero-order valence-electron chi connectivity index (χ0n) is 15.7. The van der Waals surface area contributed by atoms with Crippen LogP contribution in [-0.2, 0) is 9.59 Å². The predicted molar refractivity (Wildman–Crippen MR) is 112 cm³/mol. The van der Waals surface area contributed by atoms with Crippen molar-refractivity contribution < 1.29 is 18.4 Å². The Morgan fingerprint density at radius 3 is 2.27 bits per heavy atom. The number of carbonyl (C=O) groups excluding carboxylic acids is 2. The molecule has 0 atom stereocenters. The van der Waals surface area contributed by atoms with Gasteiger partial charge in [-0.15, -0.1) is 0 Å². The number of halogens is 3. The molecular formula is C23H15ClF2N2O2. The maximum absolute atomic E-state index is 13.7. The molecule has 0 saturated heterocycles. The number of hydrogen-bond acceptors (Lipinski definition) is 3. The number of rotatable bonds is 4. The molecule has 4 rings (SSSR count). The molecule has 4 nitrogen and oxygen atoms in total. The predicted octanol–water partition coefficient (Wildman–Crippen LogP) is 5.32. The summed E-state index contributed by atoms with van der Waals surface area (Å²) in [6, 6.07) is 15.5. The lowest BCUT2D eigenvalue weighted by Gasteiger charge is -2.16. The van der Waals surface area contributed by atoms with Crippen molar-refractivity contribution in [1.29, 1.82) is 0 Å². The van der Waals surface area contributed by atoms with Crippen LogP contribution >= 0.6 is 11.6 Å². The van der Waals surface area contributed by atoms with Crippen LogP contribution in [0, 0.1) is 18.6 Å². The first-order valence-corrected chi connectivity index (χ1v) is 9.40. The number of anilines is 2. The van der Waals surface area contributed by atoms with Crippen LogP contribution < -0.4 is 10.2 Å². The van der Waals surface area contributed by atoms with Gasteiger partial charge in [0.25, 0.3) is 11.8 Å². The third-order valence-electron chi connectivity index (χ3n) is 4.73. The quantitative estimate of drug-likeness (QED) is 0.576. The fourth-order valence-corrected chi connectivity index (χ4v) is 3.51. The van der Waals surface area contributed by atoms with Crippen LogP contribution in [0.2, 0.25) is 5.02 Å². The van der Waals surface area contributed by atoms with E-state index < -0.39 is 23.4 Å². The van der Waals surface area contributed by atoms with Gasteiger partial charge in [0.15, 0.2) is 0 Å². The zero-order chi connectivity index (χ0) is 21.4. The second-order valence-corrected chi connectivity index (χ2v) is 7.20. The van der Waals surface area contributed by atoms with Crippen molar-refractivity contribution in [1.82, 2.24) is 0 Å². The molecule has 30 heavy (non-hydrogen) atoms. The van der Waals surface area contributed by atoms with Crippen molar-refractivity contribution in [2.45, 2.75) is 6.92 Å². The summed E-state index contributed by atoms with van der Waals surface area (Å²) in [7, 11) is 0. The van der Waals surface area contributed by atoms with Crippen molar-refractivity contribution in [3.63, 3.8) is 0 Å². The van der Waals surface area contributed by atoms with Gasteiger partial charge in [-0.1, -0.05) is 29.8 Å². The third kappa shape index (κ3) is 3.57. The van der Waals surface area contributed by atoms with E-state index >= 15 is 0 Å². The number of nitrogens with zero attached hydrogens (tertiary/aromatic N) is 1. The Hall–Kier alpha value is -3.51. The Morgan fingerprint density at radius 2 is 1.60 bits per heavy atom. The van der Waals surface area contributed by atoms with Crippen LogP contribution in [0.5, 0.6) is 0 Å². The molecule has 0 bridgehead atoms. The number of aryl methyl sites for hydroxylation is 1. The number of hydrogen-bond donors (Lipinski definition) is 1. The molecule has 1 heterocycles. The Kier molecular flexibility index (Phi) is 5.10. The van der Waals surface area contributed by atoms with E-state index in [1.807, 2.05) is 0 Å². The molecule has 0 aliphatic carbocycles. The van der Waals surface area contributed by atoms with Gasteiger partial charge in [-0.3, -0.25) is 9.59 Å². The molecule has 0 aromatic heterocycles. The maximum Gasteiger partial charge on any atom is 0.282 e. The van der Waals surface area contributed by atoms with Crippen LogP contribution in [0.4, 0.5) is 20.2 Å². The molecule has 0 fully saturated rings. The minimum atomic E-state index is -0.640. The molecule has 7 heteroatoms. The fourth-order valence-electron chi connectivity index (χ4n) is 3.28. The van der Waals surface area contributed by atoms with Gasteiger partial charge in [0.2, 0.25) is 0 Å². The first kappa shape index (κ1) is 19.8. The first-order valence-electron chi connectivity index (χ1n) is 9.03.